The van der Waals surface area contributed by atoms with E-state index in [4.69, 9.17) is 18.9 Å². The topological polar surface area (TPSA) is 108 Å². The second-order valence-electron chi connectivity index (χ2n) is 12.9. The van der Waals surface area contributed by atoms with Gasteiger partial charge in [-0.25, -0.2) is 9.59 Å². The number of aliphatic carboxylic acids is 1. The van der Waals surface area contributed by atoms with Gasteiger partial charge >= 0.3 is 17.9 Å². The van der Waals surface area contributed by atoms with Crippen molar-refractivity contribution in [1.82, 2.24) is 0 Å². The lowest BCUT2D eigenvalue weighted by molar-refractivity contribution is -0.172. The average Bonchev–Trinajstić information content (AvgIpc) is 3.22. The molecule has 0 bridgehead atoms. The molecule has 0 amide bonds. The van der Waals surface area contributed by atoms with Crippen LogP contribution in [0.1, 0.15) is 50.7 Å². The molecule has 0 fully saturated rings. The standard InChI is InChI=1S/C46H42O8/c1-51-42(34-16-7-3-8-17-34)45(50)54-41(29-28-33-19-15-18-32-26-27-35(30-39(32)33)44(49)52-2)40(43(47)48)31-53-46(36-20-9-4-10-21-36,37-22-11-5-12-23-37)38-24-13-6-14-25-38/h3-27,30,40-42H,28-29,31H2,1-2H3,(H,47,48)/t40-,41-,42+/m1/s1. The number of carbonyl (C=O) groups excluding carboxylic acids is 2. The van der Waals surface area contributed by atoms with E-state index in [0.29, 0.717) is 17.5 Å². The van der Waals surface area contributed by atoms with Crippen LogP contribution in [0.5, 0.6) is 0 Å². The van der Waals surface area contributed by atoms with Gasteiger partial charge in [-0.15, -0.1) is 0 Å². The Bertz CT molecular complexity index is 2060. The summed E-state index contributed by atoms with van der Waals surface area (Å²) in [5.41, 5.74) is 3.03. The Morgan fingerprint density at radius 2 is 1.22 bits per heavy atom. The fraction of sp³-hybridized carbons (Fsp3) is 0.196. The van der Waals surface area contributed by atoms with E-state index in [2.05, 4.69) is 0 Å². The fourth-order valence-corrected chi connectivity index (χ4v) is 6.97. The van der Waals surface area contributed by atoms with E-state index in [0.717, 1.165) is 33.0 Å². The summed E-state index contributed by atoms with van der Waals surface area (Å²) < 4.78 is 23.7. The van der Waals surface area contributed by atoms with Gasteiger partial charge in [0, 0.05) is 7.11 Å². The molecule has 8 heteroatoms. The van der Waals surface area contributed by atoms with E-state index >= 15 is 0 Å². The SMILES string of the molecule is COC(=O)c1ccc2cccc(CC[C@@H](OC(=O)[C@@H](OC)c3ccccc3)[C@@H](COC(c3ccccc3)(c3ccccc3)c3ccccc3)C(=O)O)c2c1. The first-order valence-electron chi connectivity index (χ1n) is 17.8. The highest BCUT2D eigenvalue weighted by molar-refractivity contribution is 5.96. The number of hydrogen-bond acceptors (Lipinski definition) is 7. The van der Waals surface area contributed by atoms with Crippen LogP contribution < -0.4 is 0 Å². The minimum atomic E-state index is -1.29. The van der Waals surface area contributed by atoms with Crippen molar-refractivity contribution in [3.8, 4) is 0 Å². The largest absolute Gasteiger partial charge is 0.481 e. The number of carbonyl (C=O) groups is 3. The summed E-state index contributed by atoms with van der Waals surface area (Å²) in [7, 11) is 2.74. The first-order valence-corrected chi connectivity index (χ1v) is 17.8. The molecule has 0 aliphatic rings. The van der Waals surface area contributed by atoms with Crippen LogP contribution in [0.3, 0.4) is 0 Å². The molecule has 0 saturated heterocycles. The van der Waals surface area contributed by atoms with Gasteiger partial charge in [-0.2, -0.15) is 0 Å². The van der Waals surface area contributed by atoms with Crippen molar-refractivity contribution >= 4 is 28.7 Å². The smallest absolute Gasteiger partial charge is 0.340 e. The van der Waals surface area contributed by atoms with Crippen LogP contribution in [0.25, 0.3) is 10.8 Å². The van der Waals surface area contributed by atoms with E-state index in [1.807, 2.05) is 121 Å². The predicted molar refractivity (Wildman–Crippen MR) is 206 cm³/mol. The second-order valence-corrected chi connectivity index (χ2v) is 12.9. The van der Waals surface area contributed by atoms with Gasteiger partial charge < -0.3 is 24.1 Å². The maximum atomic E-state index is 13.9. The number of hydrogen-bond donors (Lipinski definition) is 1. The van der Waals surface area contributed by atoms with Crippen LogP contribution in [-0.2, 0) is 40.6 Å². The van der Waals surface area contributed by atoms with Gasteiger partial charge in [-0.05, 0) is 63.6 Å². The minimum Gasteiger partial charge on any atom is -0.481 e. The third kappa shape index (κ3) is 8.26. The van der Waals surface area contributed by atoms with Crippen molar-refractivity contribution in [3.05, 3.63) is 191 Å². The Labute approximate surface area is 314 Å². The molecule has 6 aromatic carbocycles. The number of fused-ring (bicyclic) bond motifs is 1. The maximum absolute atomic E-state index is 13.9. The van der Waals surface area contributed by atoms with E-state index in [9.17, 15) is 19.5 Å². The van der Waals surface area contributed by atoms with Gasteiger partial charge in [0.25, 0.3) is 0 Å². The van der Waals surface area contributed by atoms with Gasteiger partial charge in [0.1, 0.15) is 17.6 Å². The molecule has 1 N–H and O–H groups in total. The van der Waals surface area contributed by atoms with E-state index in [-0.39, 0.29) is 13.0 Å². The summed E-state index contributed by atoms with van der Waals surface area (Å²) in [5.74, 6) is -3.66. The molecular weight excluding hydrogens is 680 g/mol. The van der Waals surface area contributed by atoms with Crippen molar-refractivity contribution in [2.75, 3.05) is 20.8 Å². The zero-order valence-electron chi connectivity index (χ0n) is 30.2. The van der Waals surface area contributed by atoms with Crippen molar-refractivity contribution in [2.24, 2.45) is 5.92 Å². The Balaban J connectivity index is 1.40. The number of carboxylic acid groups (broad SMARTS) is 1. The number of methoxy groups -OCH3 is 2. The Hall–Kier alpha value is -6.09. The summed E-state index contributed by atoms with van der Waals surface area (Å²) in [5, 5.41) is 12.6. The summed E-state index contributed by atoms with van der Waals surface area (Å²) >= 11 is 0. The van der Waals surface area contributed by atoms with Gasteiger partial charge in [-0.3, -0.25) is 4.79 Å². The lowest BCUT2D eigenvalue weighted by atomic mass is 9.80. The lowest BCUT2D eigenvalue weighted by Crippen LogP contribution is -2.41. The molecule has 54 heavy (non-hydrogen) atoms. The van der Waals surface area contributed by atoms with Crippen LogP contribution in [0.4, 0.5) is 0 Å². The van der Waals surface area contributed by atoms with Crippen molar-refractivity contribution in [1.29, 1.82) is 0 Å². The Morgan fingerprint density at radius 1 is 0.667 bits per heavy atom. The van der Waals surface area contributed by atoms with Gasteiger partial charge in [-0.1, -0.05) is 146 Å². The third-order valence-corrected chi connectivity index (χ3v) is 9.70. The molecule has 6 rings (SSSR count). The van der Waals surface area contributed by atoms with Crippen molar-refractivity contribution < 1.29 is 38.4 Å². The van der Waals surface area contributed by atoms with Crippen LogP contribution in [0, 0.1) is 5.92 Å². The number of aryl methyl sites for hydroxylation is 1. The third-order valence-electron chi connectivity index (χ3n) is 9.70. The molecule has 0 heterocycles. The van der Waals surface area contributed by atoms with Crippen LogP contribution in [0.2, 0.25) is 0 Å². The van der Waals surface area contributed by atoms with Crippen molar-refractivity contribution in [2.45, 2.75) is 30.7 Å². The molecule has 0 unspecified atom stereocenters. The minimum absolute atomic E-state index is 0.133. The summed E-state index contributed by atoms with van der Waals surface area (Å²) in [4.78, 5) is 39.7. The summed E-state index contributed by atoms with van der Waals surface area (Å²) in [6, 6.07) is 49.0. The fourth-order valence-electron chi connectivity index (χ4n) is 6.97. The maximum Gasteiger partial charge on any atom is 0.340 e. The predicted octanol–water partition coefficient (Wildman–Crippen LogP) is 8.57. The number of esters is 2. The van der Waals surface area contributed by atoms with Crippen molar-refractivity contribution in [3.63, 3.8) is 0 Å². The summed E-state index contributed by atoms with van der Waals surface area (Å²) in [6.45, 7) is -0.309. The van der Waals surface area contributed by atoms with E-state index in [1.165, 1.54) is 14.2 Å². The van der Waals surface area contributed by atoms with Gasteiger partial charge in [0.15, 0.2) is 6.10 Å². The lowest BCUT2D eigenvalue weighted by Gasteiger charge is -2.37. The highest BCUT2D eigenvalue weighted by Gasteiger charge is 2.41. The van der Waals surface area contributed by atoms with E-state index < -0.39 is 41.6 Å². The molecule has 0 spiro atoms. The molecule has 6 aromatic rings. The van der Waals surface area contributed by atoms with Crippen LogP contribution in [-0.4, -0.2) is 49.9 Å². The highest BCUT2D eigenvalue weighted by Crippen LogP contribution is 2.41. The van der Waals surface area contributed by atoms with Crippen LogP contribution in [0.15, 0.2) is 158 Å². The molecular formula is C46H42O8. The first-order chi connectivity index (χ1) is 26.3. The molecule has 0 saturated carbocycles. The van der Waals surface area contributed by atoms with E-state index in [1.54, 1.807) is 36.4 Å². The quantitative estimate of drug-likeness (QED) is 0.0782. The zero-order valence-corrected chi connectivity index (χ0v) is 30.2. The molecule has 8 nitrogen and oxygen atoms in total. The Kier molecular flexibility index (Phi) is 12.3. The number of ether oxygens (including phenoxy) is 4. The molecule has 0 radical (unpaired) electrons. The van der Waals surface area contributed by atoms with Crippen LogP contribution >= 0.6 is 0 Å². The van der Waals surface area contributed by atoms with Gasteiger partial charge in [0.2, 0.25) is 0 Å². The highest BCUT2D eigenvalue weighted by atomic mass is 16.6. The molecule has 0 aliphatic carbocycles. The second kappa shape index (κ2) is 17.6. The Morgan fingerprint density at radius 3 is 1.74 bits per heavy atom. The molecule has 3 atom stereocenters. The number of benzene rings is 6. The monoisotopic (exact) mass is 722 g/mol. The average molecular weight is 723 g/mol. The number of carboxylic acids is 1. The molecule has 274 valence electrons. The normalized spacial score (nSPS) is 13.1. The zero-order chi connectivity index (χ0) is 37.9. The molecule has 0 aliphatic heterocycles. The first kappa shape index (κ1) is 37.7. The number of rotatable bonds is 16. The van der Waals surface area contributed by atoms with Gasteiger partial charge in [0.05, 0.1) is 19.3 Å². The summed E-state index contributed by atoms with van der Waals surface area (Å²) in [6.07, 6.45) is -1.77. The molecule has 0 aromatic heterocycles.